The van der Waals surface area contributed by atoms with Gasteiger partial charge in [-0.15, -0.1) is 0 Å². The fourth-order valence-corrected chi connectivity index (χ4v) is 2.26. The number of hydrogen-bond donors (Lipinski definition) is 2. The maximum Gasteiger partial charge on any atom is 0.387 e. The Kier molecular flexibility index (Phi) is 6.01. The summed E-state index contributed by atoms with van der Waals surface area (Å²) in [7, 11) is 1.68. The standard InChI is InChI=1S/C16H23F2N3O2/c1-4-22-13-7-5-6-11(14(13)23-15(17)18)9-20-16(19-3)21-12-8-10(12)2/h5-7,10,12,15H,4,8-9H2,1-3H3,(H2,19,20,21). The third-order valence-electron chi connectivity index (χ3n) is 3.67. The Morgan fingerprint density at radius 3 is 2.74 bits per heavy atom. The highest BCUT2D eigenvalue weighted by Crippen LogP contribution is 2.33. The zero-order valence-electron chi connectivity index (χ0n) is 13.6. The molecule has 1 aromatic carbocycles. The van der Waals surface area contributed by atoms with E-state index < -0.39 is 6.61 Å². The van der Waals surface area contributed by atoms with Gasteiger partial charge in [0.05, 0.1) is 6.61 Å². The van der Waals surface area contributed by atoms with Crippen molar-refractivity contribution in [2.24, 2.45) is 10.9 Å². The molecule has 0 aliphatic heterocycles. The number of benzene rings is 1. The van der Waals surface area contributed by atoms with Gasteiger partial charge in [-0.1, -0.05) is 19.1 Å². The van der Waals surface area contributed by atoms with Crippen LogP contribution in [0.15, 0.2) is 23.2 Å². The first-order valence-electron chi connectivity index (χ1n) is 7.71. The van der Waals surface area contributed by atoms with E-state index in [4.69, 9.17) is 4.74 Å². The number of aliphatic imine (C=N–C) groups is 1. The summed E-state index contributed by atoms with van der Waals surface area (Å²) in [6, 6.07) is 5.51. The van der Waals surface area contributed by atoms with E-state index in [2.05, 4.69) is 27.3 Å². The summed E-state index contributed by atoms with van der Waals surface area (Å²) in [5.41, 5.74) is 0.586. The van der Waals surface area contributed by atoms with Gasteiger partial charge in [0.2, 0.25) is 0 Å². The molecule has 2 atom stereocenters. The van der Waals surface area contributed by atoms with E-state index in [-0.39, 0.29) is 5.75 Å². The number of nitrogens with zero attached hydrogens (tertiary/aromatic N) is 1. The van der Waals surface area contributed by atoms with Gasteiger partial charge in [0.1, 0.15) is 0 Å². The highest BCUT2D eigenvalue weighted by atomic mass is 19.3. The first-order chi connectivity index (χ1) is 11.0. The third-order valence-corrected chi connectivity index (χ3v) is 3.67. The van der Waals surface area contributed by atoms with Crippen molar-refractivity contribution in [2.75, 3.05) is 13.7 Å². The maximum atomic E-state index is 12.7. The number of rotatable bonds is 7. The van der Waals surface area contributed by atoms with Crippen LogP contribution < -0.4 is 20.1 Å². The largest absolute Gasteiger partial charge is 0.490 e. The van der Waals surface area contributed by atoms with Crippen LogP contribution in [0.3, 0.4) is 0 Å². The predicted octanol–water partition coefficient (Wildman–Crippen LogP) is 2.76. The lowest BCUT2D eigenvalue weighted by Gasteiger charge is -2.17. The molecule has 23 heavy (non-hydrogen) atoms. The molecule has 0 spiro atoms. The Labute approximate surface area is 135 Å². The van der Waals surface area contributed by atoms with Crippen LogP contribution in [0.25, 0.3) is 0 Å². The number of guanidine groups is 1. The van der Waals surface area contributed by atoms with Crippen molar-refractivity contribution in [2.45, 2.75) is 39.5 Å². The van der Waals surface area contributed by atoms with Crippen LogP contribution >= 0.6 is 0 Å². The van der Waals surface area contributed by atoms with Gasteiger partial charge in [-0.25, -0.2) is 0 Å². The van der Waals surface area contributed by atoms with Gasteiger partial charge in [-0.2, -0.15) is 8.78 Å². The molecule has 0 heterocycles. The van der Waals surface area contributed by atoms with E-state index in [1.807, 2.05) is 0 Å². The van der Waals surface area contributed by atoms with Crippen molar-refractivity contribution in [1.82, 2.24) is 10.6 Å². The minimum atomic E-state index is -2.90. The highest BCUT2D eigenvalue weighted by Gasteiger charge is 2.33. The van der Waals surface area contributed by atoms with Gasteiger partial charge < -0.3 is 20.1 Å². The fourth-order valence-electron chi connectivity index (χ4n) is 2.26. The quantitative estimate of drug-likeness (QED) is 0.597. The monoisotopic (exact) mass is 327 g/mol. The highest BCUT2D eigenvalue weighted by molar-refractivity contribution is 5.80. The van der Waals surface area contributed by atoms with Crippen molar-refractivity contribution in [3.05, 3.63) is 23.8 Å². The Morgan fingerprint density at radius 1 is 1.43 bits per heavy atom. The summed E-state index contributed by atoms with van der Waals surface area (Å²) >= 11 is 0. The second-order valence-electron chi connectivity index (χ2n) is 5.45. The summed E-state index contributed by atoms with van der Waals surface area (Å²) in [6.07, 6.45) is 1.11. The molecule has 0 amide bonds. The lowest BCUT2D eigenvalue weighted by Crippen LogP contribution is -2.38. The number of halogens is 2. The second kappa shape index (κ2) is 7.99. The summed E-state index contributed by atoms with van der Waals surface area (Å²) in [4.78, 5) is 4.14. The van der Waals surface area contributed by atoms with Gasteiger partial charge in [0, 0.05) is 25.2 Å². The molecule has 1 saturated carbocycles. The van der Waals surface area contributed by atoms with E-state index in [0.717, 1.165) is 6.42 Å². The summed E-state index contributed by atoms with van der Waals surface area (Å²) in [5.74, 6) is 1.65. The molecule has 1 aliphatic carbocycles. The minimum absolute atomic E-state index is 0.0621. The maximum absolute atomic E-state index is 12.7. The third kappa shape index (κ3) is 4.97. The topological polar surface area (TPSA) is 54.9 Å². The molecule has 2 rings (SSSR count). The van der Waals surface area contributed by atoms with Crippen molar-refractivity contribution in [1.29, 1.82) is 0 Å². The Bertz CT molecular complexity index is 552. The van der Waals surface area contributed by atoms with Crippen LogP contribution in [-0.4, -0.2) is 32.3 Å². The minimum Gasteiger partial charge on any atom is -0.490 e. The zero-order valence-corrected chi connectivity index (χ0v) is 13.6. The fraction of sp³-hybridized carbons (Fsp3) is 0.562. The van der Waals surface area contributed by atoms with Gasteiger partial charge in [-0.3, -0.25) is 4.99 Å². The van der Waals surface area contributed by atoms with E-state index in [9.17, 15) is 8.78 Å². The van der Waals surface area contributed by atoms with Crippen molar-refractivity contribution < 1.29 is 18.3 Å². The van der Waals surface area contributed by atoms with Crippen molar-refractivity contribution in [3.63, 3.8) is 0 Å². The Balaban J connectivity index is 2.06. The van der Waals surface area contributed by atoms with E-state index in [1.54, 1.807) is 32.2 Å². The Morgan fingerprint density at radius 2 is 2.17 bits per heavy atom. The number of alkyl halides is 2. The van der Waals surface area contributed by atoms with Crippen molar-refractivity contribution in [3.8, 4) is 11.5 Å². The van der Waals surface area contributed by atoms with E-state index >= 15 is 0 Å². The predicted molar refractivity (Wildman–Crippen MR) is 85.1 cm³/mol. The molecule has 0 bridgehead atoms. The first-order valence-corrected chi connectivity index (χ1v) is 7.71. The summed E-state index contributed by atoms with van der Waals surface area (Å²) in [6.45, 7) is 1.73. The van der Waals surface area contributed by atoms with Gasteiger partial charge in [0.25, 0.3) is 0 Å². The summed E-state index contributed by atoms with van der Waals surface area (Å²) in [5, 5.41) is 6.40. The molecule has 0 aromatic heterocycles. The number of hydrogen-bond acceptors (Lipinski definition) is 3. The normalized spacial score (nSPS) is 20.3. The molecule has 7 heteroatoms. The van der Waals surface area contributed by atoms with Gasteiger partial charge >= 0.3 is 6.61 Å². The second-order valence-corrected chi connectivity index (χ2v) is 5.45. The Hall–Kier alpha value is -2.05. The molecule has 0 radical (unpaired) electrons. The van der Waals surface area contributed by atoms with Crippen LogP contribution in [0.1, 0.15) is 25.8 Å². The first kappa shape index (κ1) is 17.3. The average Bonchev–Trinajstić information content (AvgIpc) is 3.21. The molecule has 1 fully saturated rings. The van der Waals surface area contributed by atoms with Crippen molar-refractivity contribution >= 4 is 5.96 Å². The van der Waals surface area contributed by atoms with Crippen LogP contribution in [-0.2, 0) is 6.54 Å². The van der Waals surface area contributed by atoms with Crippen LogP contribution in [0.5, 0.6) is 11.5 Å². The average molecular weight is 327 g/mol. The molecule has 1 aromatic rings. The molecular weight excluding hydrogens is 304 g/mol. The molecule has 128 valence electrons. The van der Waals surface area contributed by atoms with E-state index in [1.165, 1.54) is 0 Å². The van der Waals surface area contributed by atoms with Crippen LogP contribution in [0.2, 0.25) is 0 Å². The molecular formula is C16H23F2N3O2. The van der Waals surface area contributed by atoms with E-state index in [0.29, 0.717) is 42.4 Å². The zero-order chi connectivity index (χ0) is 16.8. The molecule has 5 nitrogen and oxygen atoms in total. The van der Waals surface area contributed by atoms with Gasteiger partial charge in [-0.05, 0) is 25.3 Å². The molecule has 0 saturated heterocycles. The van der Waals surface area contributed by atoms with Crippen LogP contribution in [0, 0.1) is 5.92 Å². The number of para-hydroxylation sites is 1. The lowest BCUT2D eigenvalue weighted by molar-refractivity contribution is -0.0520. The van der Waals surface area contributed by atoms with Crippen LogP contribution in [0.4, 0.5) is 8.78 Å². The molecule has 2 unspecified atom stereocenters. The molecule has 1 aliphatic rings. The smallest absolute Gasteiger partial charge is 0.387 e. The van der Waals surface area contributed by atoms with Gasteiger partial charge in [0.15, 0.2) is 17.5 Å². The number of nitrogens with one attached hydrogen (secondary N) is 2. The molecule has 2 N–H and O–H groups in total. The lowest BCUT2D eigenvalue weighted by atomic mass is 10.2. The summed E-state index contributed by atoms with van der Waals surface area (Å²) < 4.78 is 35.4. The SMILES string of the molecule is CCOc1cccc(CNC(=NC)NC2CC2C)c1OC(F)F. The number of ether oxygens (including phenoxy) is 2.